The molecule has 0 fully saturated rings. The highest BCUT2D eigenvalue weighted by atomic mass is 15.3. The Balaban J connectivity index is 2.19. The maximum absolute atomic E-state index is 4.73. The summed E-state index contributed by atoms with van der Waals surface area (Å²) in [7, 11) is 0. The van der Waals surface area contributed by atoms with Gasteiger partial charge in [-0.3, -0.25) is 0 Å². The molecule has 3 rings (SSSR count). The lowest BCUT2D eigenvalue weighted by Crippen LogP contribution is -2.26. The molecule has 0 saturated carbocycles. The predicted octanol–water partition coefficient (Wildman–Crippen LogP) is 4.96. The largest absolute Gasteiger partial charge is 0.239 e. The highest BCUT2D eigenvalue weighted by Gasteiger charge is 2.27. The van der Waals surface area contributed by atoms with Crippen molar-refractivity contribution in [3.63, 3.8) is 0 Å². The monoisotopic (exact) mass is 278 g/mol. The Hall–Kier alpha value is -2.09. The average molecular weight is 278 g/mol. The van der Waals surface area contributed by atoms with Gasteiger partial charge in [-0.15, -0.1) is 0 Å². The summed E-state index contributed by atoms with van der Waals surface area (Å²) in [4.78, 5) is 0. The van der Waals surface area contributed by atoms with Crippen LogP contribution in [0.5, 0.6) is 0 Å². The Morgan fingerprint density at radius 3 is 2.33 bits per heavy atom. The third-order valence-electron chi connectivity index (χ3n) is 4.70. The maximum Gasteiger partial charge on any atom is 0.0927 e. The predicted molar refractivity (Wildman–Crippen MR) is 88.9 cm³/mol. The quantitative estimate of drug-likeness (QED) is 0.662. The number of nitrogens with zero attached hydrogens (tertiary/aromatic N) is 2. The van der Waals surface area contributed by atoms with Crippen LogP contribution >= 0.6 is 0 Å². The molecule has 21 heavy (non-hydrogen) atoms. The minimum atomic E-state index is 0.106. The minimum absolute atomic E-state index is 0.106. The van der Waals surface area contributed by atoms with Crippen molar-refractivity contribution >= 4 is 10.9 Å². The first-order valence-corrected chi connectivity index (χ1v) is 7.54. The van der Waals surface area contributed by atoms with Crippen LogP contribution in [-0.4, -0.2) is 9.78 Å². The lowest BCUT2D eigenvalue weighted by Gasteiger charge is -2.31. The summed E-state index contributed by atoms with van der Waals surface area (Å²) in [6.45, 7) is 9.16. The zero-order valence-corrected chi connectivity index (χ0v) is 13.2. The van der Waals surface area contributed by atoms with Crippen molar-refractivity contribution in [2.24, 2.45) is 5.92 Å². The fourth-order valence-electron chi connectivity index (χ4n) is 2.62. The van der Waals surface area contributed by atoms with Crippen LogP contribution in [0.3, 0.4) is 0 Å². The second-order valence-electron chi connectivity index (χ2n) is 6.53. The molecular formula is C19H22N2. The Morgan fingerprint density at radius 1 is 0.952 bits per heavy atom. The second kappa shape index (κ2) is 5.03. The van der Waals surface area contributed by atoms with Crippen molar-refractivity contribution in [1.82, 2.24) is 9.78 Å². The third-order valence-corrected chi connectivity index (χ3v) is 4.70. The van der Waals surface area contributed by atoms with E-state index in [2.05, 4.69) is 76.4 Å². The molecule has 0 radical (unpaired) electrons. The molecular weight excluding hydrogens is 256 g/mol. The zero-order valence-electron chi connectivity index (χ0n) is 13.2. The van der Waals surface area contributed by atoms with Crippen LogP contribution in [0.15, 0.2) is 54.7 Å². The van der Waals surface area contributed by atoms with Gasteiger partial charge in [0.1, 0.15) is 0 Å². The van der Waals surface area contributed by atoms with Gasteiger partial charge in [0, 0.05) is 11.6 Å². The second-order valence-corrected chi connectivity index (χ2v) is 6.53. The first-order chi connectivity index (χ1) is 10.00. The number of aromatic nitrogens is 2. The molecule has 3 aromatic rings. The molecule has 0 unspecified atom stereocenters. The van der Waals surface area contributed by atoms with Gasteiger partial charge in [-0.1, -0.05) is 64.1 Å². The van der Waals surface area contributed by atoms with Crippen LogP contribution in [0.4, 0.5) is 0 Å². The minimum Gasteiger partial charge on any atom is -0.239 e. The molecule has 0 bridgehead atoms. The van der Waals surface area contributed by atoms with Crippen LogP contribution in [0, 0.1) is 5.92 Å². The summed E-state index contributed by atoms with van der Waals surface area (Å²) >= 11 is 0. The van der Waals surface area contributed by atoms with Gasteiger partial charge in [0.05, 0.1) is 11.2 Å². The van der Waals surface area contributed by atoms with Crippen molar-refractivity contribution in [3.05, 3.63) is 60.3 Å². The Morgan fingerprint density at radius 2 is 1.62 bits per heavy atom. The van der Waals surface area contributed by atoms with Gasteiger partial charge >= 0.3 is 0 Å². The highest BCUT2D eigenvalue weighted by Crippen LogP contribution is 2.35. The molecule has 0 saturated heterocycles. The van der Waals surface area contributed by atoms with Crippen LogP contribution in [-0.2, 0) is 5.41 Å². The molecule has 0 aliphatic rings. The normalized spacial score (nSPS) is 12.2. The molecule has 0 aliphatic carbocycles. The van der Waals surface area contributed by atoms with E-state index >= 15 is 0 Å². The molecule has 2 nitrogen and oxygen atoms in total. The van der Waals surface area contributed by atoms with Crippen molar-refractivity contribution in [3.8, 4) is 5.69 Å². The van der Waals surface area contributed by atoms with Crippen molar-refractivity contribution < 1.29 is 0 Å². The van der Waals surface area contributed by atoms with Gasteiger partial charge < -0.3 is 0 Å². The van der Waals surface area contributed by atoms with Crippen molar-refractivity contribution in [2.45, 2.75) is 33.1 Å². The summed E-state index contributed by atoms with van der Waals surface area (Å²) in [5.74, 6) is 0.559. The van der Waals surface area contributed by atoms with E-state index in [0.29, 0.717) is 5.92 Å². The lowest BCUT2D eigenvalue weighted by atomic mass is 9.74. The molecule has 0 atom stereocenters. The summed E-state index contributed by atoms with van der Waals surface area (Å²) in [5, 5.41) is 5.91. The zero-order chi connectivity index (χ0) is 15.0. The van der Waals surface area contributed by atoms with Gasteiger partial charge in [-0.25, -0.2) is 4.68 Å². The number of benzene rings is 2. The first-order valence-electron chi connectivity index (χ1n) is 7.54. The molecule has 0 amide bonds. The lowest BCUT2D eigenvalue weighted by molar-refractivity contribution is 0.371. The maximum atomic E-state index is 4.73. The Labute approximate surface area is 126 Å². The first kappa shape index (κ1) is 13.9. The van der Waals surface area contributed by atoms with Crippen molar-refractivity contribution in [1.29, 1.82) is 0 Å². The van der Waals surface area contributed by atoms with Crippen molar-refractivity contribution in [2.75, 3.05) is 0 Å². The van der Waals surface area contributed by atoms with Gasteiger partial charge in [0.15, 0.2) is 0 Å². The van der Waals surface area contributed by atoms with Gasteiger partial charge in [0.2, 0.25) is 0 Å². The van der Waals surface area contributed by atoms with E-state index in [1.54, 1.807) is 0 Å². The highest BCUT2D eigenvalue weighted by molar-refractivity contribution is 5.78. The summed E-state index contributed by atoms with van der Waals surface area (Å²) < 4.78 is 2.02. The summed E-state index contributed by atoms with van der Waals surface area (Å²) in [5.41, 5.74) is 3.66. The van der Waals surface area contributed by atoms with Crippen LogP contribution in [0.25, 0.3) is 16.6 Å². The number of fused-ring (bicyclic) bond motifs is 1. The van der Waals surface area contributed by atoms with Gasteiger partial charge in [-0.2, -0.15) is 5.10 Å². The molecule has 2 aromatic carbocycles. The fraction of sp³-hybridized carbons (Fsp3) is 0.316. The summed E-state index contributed by atoms with van der Waals surface area (Å²) in [6.07, 6.45) is 2.12. The number of hydrogen-bond acceptors (Lipinski definition) is 1. The molecule has 0 N–H and O–H groups in total. The Kier molecular flexibility index (Phi) is 3.32. The topological polar surface area (TPSA) is 17.8 Å². The van der Waals surface area contributed by atoms with Gasteiger partial charge in [-0.05, 0) is 29.0 Å². The number of rotatable bonds is 3. The number of hydrogen-bond donors (Lipinski definition) is 0. The van der Waals surface area contributed by atoms with E-state index in [-0.39, 0.29) is 5.41 Å². The standard InChI is InChI=1S/C19H22N2/c1-14(2)19(3,4)16-10-6-8-12-18(16)21-13-15-9-5-7-11-17(15)20-21/h5-14H,1-4H3. The van der Waals surface area contributed by atoms with Crippen LogP contribution in [0.2, 0.25) is 0 Å². The molecule has 2 heteroatoms. The van der Waals surface area contributed by atoms with E-state index in [1.165, 1.54) is 16.6 Å². The fourth-order valence-corrected chi connectivity index (χ4v) is 2.62. The number of para-hydroxylation sites is 1. The third kappa shape index (κ3) is 2.35. The molecule has 1 heterocycles. The summed E-state index contributed by atoms with van der Waals surface area (Å²) in [6, 6.07) is 16.8. The van der Waals surface area contributed by atoms with Crippen LogP contribution in [0.1, 0.15) is 33.3 Å². The smallest absolute Gasteiger partial charge is 0.0927 e. The van der Waals surface area contributed by atoms with E-state index in [4.69, 9.17) is 5.10 Å². The van der Waals surface area contributed by atoms with E-state index in [9.17, 15) is 0 Å². The molecule has 108 valence electrons. The molecule has 0 aliphatic heterocycles. The van der Waals surface area contributed by atoms with E-state index in [0.717, 1.165) is 5.52 Å². The Bertz CT molecular complexity index is 733. The van der Waals surface area contributed by atoms with E-state index in [1.807, 2.05) is 10.7 Å². The van der Waals surface area contributed by atoms with Gasteiger partial charge in [0.25, 0.3) is 0 Å². The van der Waals surface area contributed by atoms with E-state index < -0.39 is 0 Å². The average Bonchev–Trinajstić information content (AvgIpc) is 2.91. The molecule has 1 aromatic heterocycles. The SMILES string of the molecule is CC(C)C(C)(C)c1ccccc1-n1cc2ccccc2n1. The van der Waals surface area contributed by atoms with Crippen LogP contribution < -0.4 is 0 Å². The molecule has 0 spiro atoms.